The molecule has 0 atom stereocenters. The SMILES string of the molecule is O=C(O)c1ccc(O)cc1CCNS(=O)(=O)c1ccccc1. The highest BCUT2D eigenvalue weighted by molar-refractivity contribution is 7.89. The van der Waals surface area contributed by atoms with Crippen molar-refractivity contribution in [3.63, 3.8) is 0 Å². The summed E-state index contributed by atoms with van der Waals surface area (Å²) in [6.07, 6.45) is 0.155. The molecule has 0 aliphatic carbocycles. The number of carboxylic acid groups (broad SMARTS) is 1. The number of phenols is 1. The first kappa shape index (κ1) is 16.0. The third-order valence-electron chi connectivity index (χ3n) is 3.06. The second kappa shape index (κ2) is 6.59. The van der Waals surface area contributed by atoms with Crippen molar-refractivity contribution in [2.75, 3.05) is 6.54 Å². The van der Waals surface area contributed by atoms with Crippen LogP contribution < -0.4 is 4.72 Å². The highest BCUT2D eigenvalue weighted by Crippen LogP contribution is 2.17. The first-order valence-electron chi connectivity index (χ1n) is 6.50. The molecule has 6 nitrogen and oxygen atoms in total. The Kier molecular flexibility index (Phi) is 4.79. The molecule has 0 amide bonds. The predicted molar refractivity (Wildman–Crippen MR) is 80.4 cm³/mol. The Morgan fingerprint density at radius 1 is 1.09 bits per heavy atom. The fourth-order valence-corrected chi connectivity index (χ4v) is 3.05. The molecule has 0 aromatic heterocycles. The molecule has 7 heteroatoms. The zero-order chi connectivity index (χ0) is 16.2. The average Bonchev–Trinajstić information content (AvgIpc) is 2.48. The summed E-state index contributed by atoms with van der Waals surface area (Å²) in [7, 11) is -3.63. The number of hydrogen-bond donors (Lipinski definition) is 3. The van der Waals surface area contributed by atoms with Crippen LogP contribution >= 0.6 is 0 Å². The molecule has 0 fully saturated rings. The quantitative estimate of drug-likeness (QED) is 0.750. The first-order valence-corrected chi connectivity index (χ1v) is 7.98. The zero-order valence-electron chi connectivity index (χ0n) is 11.6. The number of carboxylic acids is 1. The van der Waals surface area contributed by atoms with E-state index in [4.69, 9.17) is 5.11 Å². The monoisotopic (exact) mass is 321 g/mol. The fourth-order valence-electron chi connectivity index (χ4n) is 2.00. The lowest BCUT2D eigenvalue weighted by Gasteiger charge is -2.09. The van der Waals surface area contributed by atoms with Gasteiger partial charge in [-0.25, -0.2) is 17.9 Å². The van der Waals surface area contributed by atoms with E-state index >= 15 is 0 Å². The van der Waals surface area contributed by atoms with Crippen LogP contribution in [0.1, 0.15) is 15.9 Å². The Hall–Kier alpha value is -2.38. The number of carbonyl (C=O) groups is 1. The minimum atomic E-state index is -3.63. The molecule has 0 unspecified atom stereocenters. The van der Waals surface area contributed by atoms with Gasteiger partial charge in [-0.15, -0.1) is 0 Å². The van der Waals surface area contributed by atoms with Gasteiger partial charge >= 0.3 is 5.97 Å². The predicted octanol–water partition coefficient (Wildman–Crippen LogP) is 1.61. The molecule has 0 saturated carbocycles. The maximum Gasteiger partial charge on any atom is 0.335 e. The molecule has 3 N–H and O–H groups in total. The second-order valence-corrected chi connectivity index (χ2v) is 6.37. The van der Waals surface area contributed by atoms with Crippen molar-refractivity contribution in [1.29, 1.82) is 0 Å². The van der Waals surface area contributed by atoms with Gasteiger partial charge in [0.15, 0.2) is 0 Å². The molecule has 2 rings (SSSR count). The number of sulfonamides is 1. The number of benzene rings is 2. The molecular weight excluding hydrogens is 306 g/mol. The van der Waals surface area contributed by atoms with Crippen LogP contribution in [-0.2, 0) is 16.4 Å². The number of aromatic hydroxyl groups is 1. The maximum atomic E-state index is 12.0. The van der Waals surface area contributed by atoms with Gasteiger partial charge in [0.25, 0.3) is 0 Å². The van der Waals surface area contributed by atoms with Gasteiger partial charge in [0.05, 0.1) is 10.5 Å². The lowest BCUT2D eigenvalue weighted by molar-refractivity contribution is 0.0695. The molecule has 0 saturated heterocycles. The van der Waals surface area contributed by atoms with E-state index in [1.807, 2.05) is 0 Å². The summed E-state index contributed by atoms with van der Waals surface area (Å²) in [6.45, 7) is 0.0287. The normalized spacial score (nSPS) is 11.3. The van der Waals surface area contributed by atoms with Crippen LogP contribution in [0.2, 0.25) is 0 Å². The van der Waals surface area contributed by atoms with E-state index in [1.54, 1.807) is 18.2 Å². The van der Waals surface area contributed by atoms with Gasteiger partial charge in [-0.3, -0.25) is 0 Å². The van der Waals surface area contributed by atoms with Gasteiger partial charge in [0.2, 0.25) is 10.0 Å². The summed E-state index contributed by atoms with van der Waals surface area (Å²) < 4.78 is 26.5. The molecule has 2 aromatic rings. The summed E-state index contributed by atoms with van der Waals surface area (Å²) in [4.78, 5) is 11.2. The third-order valence-corrected chi connectivity index (χ3v) is 4.54. The number of rotatable bonds is 6. The largest absolute Gasteiger partial charge is 0.508 e. The van der Waals surface area contributed by atoms with Crippen molar-refractivity contribution >= 4 is 16.0 Å². The number of hydrogen-bond acceptors (Lipinski definition) is 4. The number of aromatic carboxylic acids is 1. The van der Waals surface area contributed by atoms with Gasteiger partial charge in [-0.1, -0.05) is 18.2 Å². The topological polar surface area (TPSA) is 104 Å². The van der Waals surface area contributed by atoms with Crippen LogP contribution in [0.25, 0.3) is 0 Å². The van der Waals surface area contributed by atoms with Crippen LogP contribution in [0.15, 0.2) is 53.4 Å². The Morgan fingerprint density at radius 2 is 1.77 bits per heavy atom. The van der Waals surface area contributed by atoms with Crippen molar-refractivity contribution in [3.05, 3.63) is 59.7 Å². The van der Waals surface area contributed by atoms with Crippen molar-refractivity contribution < 1.29 is 23.4 Å². The highest BCUT2D eigenvalue weighted by atomic mass is 32.2. The minimum absolute atomic E-state index is 0.0287. The zero-order valence-corrected chi connectivity index (χ0v) is 12.4. The third kappa shape index (κ3) is 3.84. The fraction of sp³-hybridized carbons (Fsp3) is 0.133. The summed E-state index contributed by atoms with van der Waals surface area (Å²) >= 11 is 0. The van der Waals surface area contributed by atoms with Crippen LogP contribution in [0.5, 0.6) is 5.75 Å². The number of nitrogens with one attached hydrogen (secondary N) is 1. The van der Waals surface area contributed by atoms with Crippen LogP contribution in [0.3, 0.4) is 0 Å². The Bertz CT molecular complexity index is 772. The standard InChI is InChI=1S/C15H15NO5S/c17-12-6-7-14(15(18)19)11(10-12)8-9-16-22(20,21)13-4-2-1-3-5-13/h1-7,10,16-17H,8-9H2,(H,18,19). The molecular formula is C15H15NO5S. The van der Waals surface area contributed by atoms with Crippen LogP contribution in [0, 0.1) is 0 Å². The molecule has 0 spiro atoms. The van der Waals surface area contributed by atoms with E-state index < -0.39 is 16.0 Å². The summed E-state index contributed by atoms with van der Waals surface area (Å²) in [5.74, 6) is -1.19. The van der Waals surface area contributed by atoms with Crippen molar-refractivity contribution in [2.45, 2.75) is 11.3 Å². The maximum absolute atomic E-state index is 12.0. The summed E-state index contributed by atoms with van der Waals surface area (Å²) in [5.41, 5.74) is 0.403. The molecule has 0 radical (unpaired) electrons. The highest BCUT2D eigenvalue weighted by Gasteiger charge is 2.14. The van der Waals surface area contributed by atoms with E-state index in [-0.39, 0.29) is 29.2 Å². The molecule has 0 aliphatic heterocycles. The van der Waals surface area contributed by atoms with Gasteiger partial charge in [-0.05, 0) is 42.3 Å². The van der Waals surface area contributed by atoms with E-state index in [9.17, 15) is 18.3 Å². The Balaban J connectivity index is 2.09. The molecule has 2 aromatic carbocycles. The lowest BCUT2D eigenvalue weighted by atomic mass is 10.0. The van der Waals surface area contributed by atoms with Gasteiger partial charge < -0.3 is 10.2 Å². The van der Waals surface area contributed by atoms with E-state index in [0.717, 1.165) is 0 Å². The molecule has 22 heavy (non-hydrogen) atoms. The molecule has 116 valence electrons. The lowest BCUT2D eigenvalue weighted by Crippen LogP contribution is -2.26. The van der Waals surface area contributed by atoms with Crippen molar-refractivity contribution in [1.82, 2.24) is 4.72 Å². The Labute approximate surface area is 128 Å². The van der Waals surface area contributed by atoms with E-state index in [2.05, 4.69) is 4.72 Å². The van der Waals surface area contributed by atoms with Crippen molar-refractivity contribution in [3.8, 4) is 5.75 Å². The van der Waals surface area contributed by atoms with E-state index in [1.165, 1.54) is 30.3 Å². The molecule has 0 aliphatic rings. The van der Waals surface area contributed by atoms with Crippen molar-refractivity contribution in [2.24, 2.45) is 0 Å². The van der Waals surface area contributed by atoms with Gasteiger partial charge in [-0.2, -0.15) is 0 Å². The molecule has 0 bridgehead atoms. The summed E-state index contributed by atoms with van der Waals surface area (Å²) in [6, 6.07) is 11.8. The Morgan fingerprint density at radius 3 is 2.41 bits per heavy atom. The first-order chi connectivity index (χ1) is 10.4. The summed E-state index contributed by atoms with van der Waals surface area (Å²) in [5, 5.41) is 18.5. The second-order valence-electron chi connectivity index (χ2n) is 4.61. The van der Waals surface area contributed by atoms with Gasteiger partial charge in [0, 0.05) is 6.54 Å². The average molecular weight is 321 g/mol. The molecule has 0 heterocycles. The van der Waals surface area contributed by atoms with Crippen LogP contribution in [-0.4, -0.2) is 31.1 Å². The van der Waals surface area contributed by atoms with E-state index in [0.29, 0.717) is 5.56 Å². The van der Waals surface area contributed by atoms with Crippen LogP contribution in [0.4, 0.5) is 0 Å². The number of phenolic OH excluding ortho intramolecular Hbond substituents is 1. The smallest absolute Gasteiger partial charge is 0.335 e. The van der Waals surface area contributed by atoms with Gasteiger partial charge in [0.1, 0.15) is 5.75 Å². The minimum Gasteiger partial charge on any atom is -0.508 e.